The van der Waals surface area contributed by atoms with Crippen molar-refractivity contribution in [1.29, 1.82) is 0 Å². The number of nitrogens with zero attached hydrogens (tertiary/aromatic N) is 1. The van der Waals surface area contributed by atoms with Crippen LogP contribution in [-0.4, -0.2) is 10.9 Å². The number of rotatable bonds is 5. The molecule has 1 unspecified atom stereocenters. The number of amides is 1. The Balaban J connectivity index is 1.82. The van der Waals surface area contributed by atoms with Crippen LogP contribution in [-0.2, 0) is 11.3 Å². The highest BCUT2D eigenvalue weighted by molar-refractivity contribution is 5.76. The van der Waals surface area contributed by atoms with Crippen molar-refractivity contribution in [3.63, 3.8) is 0 Å². The molecule has 0 saturated carbocycles. The molecule has 0 bridgehead atoms. The Morgan fingerprint density at radius 2 is 2.00 bits per heavy atom. The van der Waals surface area contributed by atoms with Crippen molar-refractivity contribution in [2.45, 2.75) is 25.8 Å². The monoisotopic (exact) mass is 254 g/mol. The van der Waals surface area contributed by atoms with Gasteiger partial charge in [-0.3, -0.25) is 9.78 Å². The van der Waals surface area contributed by atoms with Crippen molar-refractivity contribution < 1.29 is 4.79 Å². The zero-order valence-corrected chi connectivity index (χ0v) is 11.0. The Kier molecular flexibility index (Phi) is 4.67. The maximum absolute atomic E-state index is 11.9. The fraction of sp³-hybridized carbons (Fsp3) is 0.250. The van der Waals surface area contributed by atoms with Crippen molar-refractivity contribution >= 4 is 5.91 Å². The molecule has 98 valence electrons. The maximum atomic E-state index is 11.9. The summed E-state index contributed by atoms with van der Waals surface area (Å²) in [6, 6.07) is 13.8. The van der Waals surface area contributed by atoms with Gasteiger partial charge in [0.25, 0.3) is 0 Å². The highest BCUT2D eigenvalue weighted by Gasteiger charge is 2.10. The summed E-state index contributed by atoms with van der Waals surface area (Å²) in [5.74, 6) is 0.254. The molecule has 1 amide bonds. The first-order valence-corrected chi connectivity index (χ1v) is 6.46. The molecule has 19 heavy (non-hydrogen) atoms. The fourth-order valence-corrected chi connectivity index (χ4v) is 1.93. The highest BCUT2D eigenvalue weighted by atomic mass is 16.1. The third-order valence-corrected chi connectivity index (χ3v) is 3.08. The second-order valence-corrected chi connectivity index (χ2v) is 4.65. The normalized spacial score (nSPS) is 11.8. The predicted molar refractivity (Wildman–Crippen MR) is 75.6 cm³/mol. The number of carbonyl (C=O) groups is 1. The molecule has 1 atom stereocenters. The van der Waals surface area contributed by atoms with Gasteiger partial charge in [0.2, 0.25) is 5.91 Å². The minimum atomic E-state index is 0.0696. The Labute approximate surface area is 113 Å². The molecule has 3 nitrogen and oxygen atoms in total. The van der Waals surface area contributed by atoms with E-state index in [1.54, 1.807) is 6.20 Å². The molecule has 2 aromatic rings. The van der Waals surface area contributed by atoms with Crippen LogP contribution in [0.15, 0.2) is 54.9 Å². The smallest absolute Gasteiger partial charge is 0.220 e. The molecule has 0 fully saturated rings. The van der Waals surface area contributed by atoms with E-state index in [2.05, 4.69) is 10.3 Å². The van der Waals surface area contributed by atoms with E-state index < -0.39 is 0 Å². The third-order valence-electron chi connectivity index (χ3n) is 3.08. The van der Waals surface area contributed by atoms with Crippen LogP contribution in [0.1, 0.15) is 30.4 Å². The van der Waals surface area contributed by atoms with Crippen LogP contribution < -0.4 is 5.32 Å². The molecule has 0 aliphatic heterocycles. The van der Waals surface area contributed by atoms with Crippen molar-refractivity contribution in [3.05, 3.63) is 66.0 Å². The first kappa shape index (κ1) is 13.3. The van der Waals surface area contributed by atoms with Gasteiger partial charge in [-0.15, -0.1) is 0 Å². The van der Waals surface area contributed by atoms with Crippen molar-refractivity contribution in [3.8, 4) is 0 Å². The first-order valence-electron chi connectivity index (χ1n) is 6.46. The van der Waals surface area contributed by atoms with Crippen LogP contribution in [0.25, 0.3) is 0 Å². The number of benzene rings is 1. The third kappa shape index (κ3) is 4.21. The molecular weight excluding hydrogens is 236 g/mol. The molecule has 1 heterocycles. The molecule has 1 N–H and O–H groups in total. The molecule has 0 saturated heterocycles. The Bertz CT molecular complexity index is 511. The van der Waals surface area contributed by atoms with Gasteiger partial charge in [-0.2, -0.15) is 0 Å². The topological polar surface area (TPSA) is 42.0 Å². The van der Waals surface area contributed by atoms with Crippen LogP contribution in [0.3, 0.4) is 0 Å². The average Bonchev–Trinajstić information content (AvgIpc) is 2.47. The van der Waals surface area contributed by atoms with E-state index in [-0.39, 0.29) is 11.8 Å². The Morgan fingerprint density at radius 3 is 2.68 bits per heavy atom. The van der Waals surface area contributed by atoms with Gasteiger partial charge in [-0.1, -0.05) is 43.3 Å². The molecular formula is C16H18N2O. The van der Waals surface area contributed by atoms with Crippen LogP contribution in [0.2, 0.25) is 0 Å². The van der Waals surface area contributed by atoms with Crippen LogP contribution in [0.5, 0.6) is 0 Å². The largest absolute Gasteiger partial charge is 0.352 e. The summed E-state index contributed by atoms with van der Waals surface area (Å²) < 4.78 is 0. The number of aromatic nitrogens is 1. The molecule has 3 heteroatoms. The number of carbonyl (C=O) groups excluding carboxylic acids is 1. The van der Waals surface area contributed by atoms with Gasteiger partial charge >= 0.3 is 0 Å². The zero-order chi connectivity index (χ0) is 13.5. The molecule has 0 spiro atoms. The molecule has 0 radical (unpaired) electrons. The number of nitrogens with one attached hydrogen (secondary N) is 1. The number of hydrogen-bond acceptors (Lipinski definition) is 2. The van der Waals surface area contributed by atoms with Crippen LogP contribution >= 0.6 is 0 Å². The summed E-state index contributed by atoms with van der Waals surface area (Å²) >= 11 is 0. The molecule has 1 aromatic carbocycles. The van der Waals surface area contributed by atoms with E-state index >= 15 is 0 Å². The van der Waals surface area contributed by atoms with E-state index in [0.717, 1.165) is 11.1 Å². The lowest BCUT2D eigenvalue weighted by molar-refractivity contribution is -0.121. The van der Waals surface area contributed by atoms with Crippen LogP contribution in [0, 0.1) is 0 Å². The lowest BCUT2D eigenvalue weighted by Crippen LogP contribution is -2.24. The Morgan fingerprint density at radius 1 is 1.21 bits per heavy atom. The van der Waals surface area contributed by atoms with Crippen molar-refractivity contribution in [2.24, 2.45) is 0 Å². The van der Waals surface area contributed by atoms with E-state index in [1.165, 1.54) is 0 Å². The summed E-state index contributed by atoms with van der Waals surface area (Å²) in [7, 11) is 0. The van der Waals surface area contributed by atoms with Gasteiger partial charge < -0.3 is 5.32 Å². The standard InChI is InChI=1S/C16H18N2O/c1-13(15-8-5-9-17-12-15)10-16(19)18-11-14-6-3-2-4-7-14/h2-9,12-13H,10-11H2,1H3,(H,18,19). The van der Waals surface area contributed by atoms with E-state index in [0.29, 0.717) is 13.0 Å². The van der Waals surface area contributed by atoms with Gasteiger partial charge in [0.05, 0.1) is 0 Å². The Hall–Kier alpha value is -2.16. The van der Waals surface area contributed by atoms with Gasteiger partial charge in [0, 0.05) is 25.4 Å². The molecule has 1 aromatic heterocycles. The van der Waals surface area contributed by atoms with Gasteiger partial charge in [-0.05, 0) is 23.1 Å². The summed E-state index contributed by atoms with van der Waals surface area (Å²) in [5.41, 5.74) is 2.21. The predicted octanol–water partition coefficient (Wildman–Crippen LogP) is 2.89. The lowest BCUT2D eigenvalue weighted by atomic mass is 9.99. The molecule has 0 aliphatic rings. The summed E-state index contributed by atoms with van der Waals surface area (Å²) in [6.07, 6.45) is 4.04. The van der Waals surface area contributed by atoms with E-state index in [1.807, 2.05) is 55.6 Å². The quantitative estimate of drug-likeness (QED) is 0.891. The van der Waals surface area contributed by atoms with E-state index in [9.17, 15) is 4.79 Å². The van der Waals surface area contributed by atoms with E-state index in [4.69, 9.17) is 0 Å². The lowest BCUT2D eigenvalue weighted by Gasteiger charge is -2.11. The van der Waals surface area contributed by atoms with Crippen molar-refractivity contribution in [2.75, 3.05) is 0 Å². The SMILES string of the molecule is CC(CC(=O)NCc1ccccc1)c1cccnc1. The van der Waals surface area contributed by atoms with Gasteiger partial charge in [-0.25, -0.2) is 0 Å². The first-order chi connectivity index (χ1) is 9.25. The fourth-order valence-electron chi connectivity index (χ4n) is 1.93. The minimum absolute atomic E-state index is 0.0696. The summed E-state index contributed by atoms with van der Waals surface area (Å²) in [6.45, 7) is 2.62. The van der Waals surface area contributed by atoms with Gasteiger partial charge in [0.1, 0.15) is 0 Å². The average molecular weight is 254 g/mol. The molecule has 0 aliphatic carbocycles. The second kappa shape index (κ2) is 6.69. The summed E-state index contributed by atoms with van der Waals surface area (Å²) in [5, 5.41) is 2.94. The summed E-state index contributed by atoms with van der Waals surface area (Å²) in [4.78, 5) is 15.9. The minimum Gasteiger partial charge on any atom is -0.352 e. The molecule has 2 rings (SSSR count). The number of hydrogen-bond donors (Lipinski definition) is 1. The van der Waals surface area contributed by atoms with Crippen LogP contribution in [0.4, 0.5) is 0 Å². The second-order valence-electron chi connectivity index (χ2n) is 4.65. The highest BCUT2D eigenvalue weighted by Crippen LogP contribution is 2.17. The number of pyridine rings is 1. The van der Waals surface area contributed by atoms with Crippen molar-refractivity contribution in [1.82, 2.24) is 10.3 Å². The maximum Gasteiger partial charge on any atom is 0.220 e. The zero-order valence-electron chi connectivity index (χ0n) is 11.0. The van der Waals surface area contributed by atoms with Gasteiger partial charge in [0.15, 0.2) is 0 Å².